The molecule has 0 bridgehead atoms. The van der Waals surface area contributed by atoms with E-state index in [1.807, 2.05) is 0 Å². The van der Waals surface area contributed by atoms with Gasteiger partial charge in [-0.2, -0.15) is 17.6 Å². The second-order valence-corrected chi connectivity index (χ2v) is 9.18. The number of primary amides is 1. The molecule has 8 nitrogen and oxygen atoms in total. The fourth-order valence-electron chi connectivity index (χ4n) is 4.60. The van der Waals surface area contributed by atoms with Crippen molar-refractivity contribution in [3.05, 3.63) is 41.7 Å². The molecule has 0 aliphatic carbocycles. The van der Waals surface area contributed by atoms with Crippen LogP contribution in [0.5, 0.6) is 0 Å². The maximum absolute atomic E-state index is 15.3. The summed E-state index contributed by atoms with van der Waals surface area (Å²) in [6.45, 7) is -0.618. The smallest absolute Gasteiger partial charge is 0.369 e. The lowest BCUT2D eigenvalue weighted by atomic mass is 9.95. The Morgan fingerprint density at radius 3 is 2.59 bits per heavy atom. The highest BCUT2D eigenvalue weighted by molar-refractivity contribution is 5.75. The fraction of sp³-hybridized carbons (Fsp3) is 0.545. The molecule has 0 spiro atoms. The Morgan fingerprint density at radius 1 is 1.22 bits per heavy atom. The van der Waals surface area contributed by atoms with Gasteiger partial charge in [0.2, 0.25) is 11.7 Å². The van der Waals surface area contributed by atoms with E-state index >= 15 is 4.39 Å². The summed E-state index contributed by atoms with van der Waals surface area (Å²) in [5, 5.41) is 2.70. The summed E-state index contributed by atoms with van der Waals surface area (Å²) < 4.78 is 97.2. The molecule has 3 atom stereocenters. The van der Waals surface area contributed by atoms with Crippen molar-refractivity contribution in [3.8, 4) is 0 Å². The molecule has 2 aromatic rings. The van der Waals surface area contributed by atoms with Crippen LogP contribution in [0.4, 0.5) is 42.4 Å². The Labute approximate surface area is 207 Å². The molecule has 2 fully saturated rings. The number of nitrogens with one attached hydrogen (secondary N) is 1. The largest absolute Gasteiger partial charge is 0.417 e. The van der Waals surface area contributed by atoms with Crippen LogP contribution < -0.4 is 16.0 Å². The Morgan fingerprint density at radius 2 is 1.97 bits per heavy atom. The summed E-state index contributed by atoms with van der Waals surface area (Å²) >= 11 is 0. The number of hydrogen-bond donors (Lipinski definition) is 2. The average molecular weight is 535 g/mol. The summed E-state index contributed by atoms with van der Waals surface area (Å²) in [6.07, 6.45) is -4.92. The van der Waals surface area contributed by atoms with Crippen LogP contribution in [0, 0.1) is 11.7 Å². The number of aromatic nitrogens is 3. The van der Waals surface area contributed by atoms with Crippen LogP contribution >= 0.6 is 0 Å². The number of halogens is 7. The molecule has 2 aliphatic rings. The summed E-state index contributed by atoms with van der Waals surface area (Å²) in [5.74, 6) is -6.24. The van der Waals surface area contributed by atoms with Gasteiger partial charge in [0.1, 0.15) is 12.5 Å². The van der Waals surface area contributed by atoms with E-state index in [2.05, 4.69) is 20.3 Å². The molecule has 0 unspecified atom stereocenters. The monoisotopic (exact) mass is 535 g/mol. The Hall–Kier alpha value is -3.23. The highest BCUT2D eigenvalue weighted by atomic mass is 19.4. The molecule has 0 radical (unpaired) electrons. The van der Waals surface area contributed by atoms with Crippen LogP contribution in [0.2, 0.25) is 0 Å². The number of carbonyl (C=O) groups is 1. The van der Waals surface area contributed by atoms with E-state index in [4.69, 9.17) is 5.73 Å². The number of amides is 1. The van der Waals surface area contributed by atoms with Crippen LogP contribution in [-0.4, -0.2) is 70.6 Å². The van der Waals surface area contributed by atoms with E-state index in [1.165, 1.54) is 0 Å². The zero-order valence-corrected chi connectivity index (χ0v) is 19.4. The van der Waals surface area contributed by atoms with Crippen molar-refractivity contribution >= 4 is 17.5 Å². The first-order valence-corrected chi connectivity index (χ1v) is 11.4. The van der Waals surface area contributed by atoms with E-state index in [0.29, 0.717) is 19.2 Å². The first kappa shape index (κ1) is 26.8. The van der Waals surface area contributed by atoms with Gasteiger partial charge in [0.25, 0.3) is 5.92 Å². The first-order chi connectivity index (χ1) is 17.3. The minimum absolute atomic E-state index is 0.0149. The second kappa shape index (κ2) is 10.3. The number of pyridine rings is 1. The molecule has 4 heterocycles. The summed E-state index contributed by atoms with van der Waals surface area (Å²) in [7, 11) is 0. The summed E-state index contributed by atoms with van der Waals surface area (Å²) in [4.78, 5) is 24.9. The highest BCUT2D eigenvalue weighted by Crippen LogP contribution is 2.44. The molecule has 37 heavy (non-hydrogen) atoms. The van der Waals surface area contributed by atoms with Gasteiger partial charge < -0.3 is 16.0 Å². The third-order valence-corrected chi connectivity index (χ3v) is 6.44. The molecular weight excluding hydrogens is 511 g/mol. The number of piperidine rings is 1. The molecule has 15 heteroatoms. The number of nitrogens with zero attached hydrogens (tertiary/aromatic N) is 5. The normalized spacial score (nSPS) is 24.3. The fourth-order valence-corrected chi connectivity index (χ4v) is 4.60. The number of hydrogen-bond acceptors (Lipinski definition) is 7. The van der Waals surface area contributed by atoms with Crippen molar-refractivity contribution in [2.75, 3.05) is 42.9 Å². The van der Waals surface area contributed by atoms with E-state index in [-0.39, 0.29) is 31.1 Å². The maximum Gasteiger partial charge on any atom is 0.417 e. The van der Waals surface area contributed by atoms with Crippen LogP contribution in [0.3, 0.4) is 0 Å². The van der Waals surface area contributed by atoms with Crippen LogP contribution in [0.25, 0.3) is 0 Å². The molecule has 2 saturated heterocycles. The molecule has 2 aromatic heterocycles. The predicted octanol–water partition coefficient (Wildman–Crippen LogP) is 3.17. The van der Waals surface area contributed by atoms with Gasteiger partial charge in [-0.1, -0.05) is 0 Å². The van der Waals surface area contributed by atoms with E-state index in [1.54, 1.807) is 4.90 Å². The van der Waals surface area contributed by atoms with Gasteiger partial charge in [0.15, 0.2) is 11.6 Å². The zero-order chi connectivity index (χ0) is 27.0. The molecule has 1 amide bonds. The highest BCUT2D eigenvalue weighted by Gasteiger charge is 2.48. The molecule has 2 aliphatic heterocycles. The zero-order valence-electron chi connectivity index (χ0n) is 19.4. The van der Waals surface area contributed by atoms with Crippen molar-refractivity contribution < 1.29 is 35.5 Å². The van der Waals surface area contributed by atoms with Crippen molar-refractivity contribution in [1.82, 2.24) is 19.9 Å². The van der Waals surface area contributed by atoms with E-state index in [0.717, 1.165) is 23.4 Å². The molecular formula is C22H24F7N7O. The Balaban J connectivity index is 1.50. The van der Waals surface area contributed by atoms with E-state index < -0.39 is 66.3 Å². The van der Waals surface area contributed by atoms with Gasteiger partial charge >= 0.3 is 6.18 Å². The summed E-state index contributed by atoms with van der Waals surface area (Å²) in [5.41, 5.74) is 4.00. The third-order valence-electron chi connectivity index (χ3n) is 6.44. The van der Waals surface area contributed by atoms with Gasteiger partial charge in [-0.15, -0.1) is 0 Å². The van der Waals surface area contributed by atoms with Crippen LogP contribution in [0.1, 0.15) is 30.1 Å². The van der Waals surface area contributed by atoms with Crippen molar-refractivity contribution in [2.45, 2.75) is 37.2 Å². The average Bonchev–Trinajstić information content (AvgIpc) is 3.13. The molecule has 3 N–H and O–H groups in total. The van der Waals surface area contributed by atoms with E-state index in [9.17, 15) is 31.1 Å². The molecule has 0 aromatic carbocycles. The third kappa shape index (κ3) is 6.19. The minimum Gasteiger partial charge on any atom is -0.369 e. The van der Waals surface area contributed by atoms with Gasteiger partial charge in [-0.05, 0) is 25.1 Å². The quantitative estimate of drug-likeness (QED) is 0.526. The maximum atomic E-state index is 15.3. The van der Waals surface area contributed by atoms with Crippen molar-refractivity contribution in [3.63, 3.8) is 0 Å². The Kier molecular flexibility index (Phi) is 7.44. The molecule has 202 valence electrons. The van der Waals surface area contributed by atoms with Gasteiger partial charge in [-0.3, -0.25) is 14.7 Å². The number of likely N-dealkylation sites (tertiary alicyclic amines) is 1. The lowest BCUT2D eigenvalue weighted by Crippen LogP contribution is -2.46. The van der Waals surface area contributed by atoms with Crippen molar-refractivity contribution in [2.24, 2.45) is 11.7 Å². The summed E-state index contributed by atoms with van der Waals surface area (Å²) in [6, 6.07) is 0.466. The number of alkyl halides is 6. The lowest BCUT2D eigenvalue weighted by molar-refractivity contribution is -0.137. The molecule has 0 saturated carbocycles. The van der Waals surface area contributed by atoms with Gasteiger partial charge in [-0.25, -0.2) is 23.1 Å². The Bertz CT molecular complexity index is 1120. The van der Waals surface area contributed by atoms with Crippen LogP contribution in [0.15, 0.2) is 24.7 Å². The lowest BCUT2D eigenvalue weighted by Gasteiger charge is -2.34. The van der Waals surface area contributed by atoms with Gasteiger partial charge in [0.05, 0.1) is 30.4 Å². The minimum atomic E-state index is -4.65. The number of nitrogens with two attached hydrogens (primary N) is 1. The van der Waals surface area contributed by atoms with Crippen molar-refractivity contribution in [1.29, 1.82) is 0 Å². The predicted molar refractivity (Wildman–Crippen MR) is 118 cm³/mol. The SMILES string of the molecule is NC(=O)CN1CC[C@H](CNc2ncnc(N3CC(F)(F)C[C@@H]3c3ccc(C(F)(F)F)cn3)c2F)[C@@H](F)C1. The number of anilines is 2. The topological polar surface area (TPSA) is 100 Å². The second-order valence-electron chi connectivity index (χ2n) is 9.18. The molecule has 4 rings (SSSR count). The first-order valence-electron chi connectivity index (χ1n) is 11.4. The number of rotatable bonds is 7. The van der Waals surface area contributed by atoms with Gasteiger partial charge in [0, 0.05) is 31.6 Å². The standard InChI is InChI=1S/C22H24F7N7O/c23-14-8-35(9-17(30)37)4-3-12(14)6-32-19-18(24)20(34-11-33-19)36-10-21(25,26)5-16(36)15-2-1-13(7-31-15)22(27,28)29/h1-2,7,11-12,14,16H,3-6,8-10H2,(H2,30,37)(H,32,33,34)/t12-,14+,16-/m1/s1. The number of carbonyl (C=O) groups excluding carboxylic acids is 1. The van der Waals surface area contributed by atoms with Crippen LogP contribution in [-0.2, 0) is 11.0 Å².